The van der Waals surface area contributed by atoms with E-state index in [1.165, 1.54) is 6.07 Å². The topological polar surface area (TPSA) is 58.2 Å². The maximum Gasteiger partial charge on any atom is 0.240 e. The molecule has 4 nitrogen and oxygen atoms in total. The lowest BCUT2D eigenvalue weighted by Gasteiger charge is -2.13. The molecule has 0 spiro atoms. The molecule has 0 aliphatic heterocycles. The molecule has 6 heteroatoms. The van der Waals surface area contributed by atoms with Gasteiger partial charge >= 0.3 is 0 Å². The van der Waals surface area contributed by atoms with Crippen LogP contribution in [0.1, 0.15) is 43.7 Å². The molecule has 0 fully saturated rings. The van der Waals surface area contributed by atoms with Crippen LogP contribution in [0.15, 0.2) is 17.0 Å². The summed E-state index contributed by atoms with van der Waals surface area (Å²) in [7, 11) is -1.68. The summed E-state index contributed by atoms with van der Waals surface area (Å²) < 4.78 is 27.5. The van der Waals surface area contributed by atoms with E-state index >= 15 is 0 Å². The molecule has 0 aliphatic rings. The molecule has 1 rings (SSSR count). The second kappa shape index (κ2) is 8.73. The van der Waals surface area contributed by atoms with Gasteiger partial charge in [-0.1, -0.05) is 37.8 Å². The Morgan fingerprint density at radius 3 is 2.52 bits per heavy atom. The summed E-state index contributed by atoms with van der Waals surface area (Å²) in [6, 6.07) is 3.32. The number of hydrogen-bond donors (Lipinski definition) is 2. The smallest absolute Gasteiger partial charge is 0.240 e. The standard InChI is InChI=1S/C15H25ClN2O2S/c1-4-5-6-7-8-18-21(19,20)15-10-14(16)9-13(11-17-3)12(15)2/h9-10,17-18H,4-8,11H2,1-3H3. The van der Waals surface area contributed by atoms with Gasteiger partial charge < -0.3 is 5.32 Å². The molecular formula is C15H25ClN2O2S. The van der Waals surface area contributed by atoms with E-state index in [4.69, 9.17) is 11.6 Å². The fraction of sp³-hybridized carbons (Fsp3) is 0.600. The van der Waals surface area contributed by atoms with Crippen LogP contribution in [-0.4, -0.2) is 22.0 Å². The molecular weight excluding hydrogens is 308 g/mol. The van der Waals surface area contributed by atoms with E-state index in [-0.39, 0.29) is 4.90 Å². The van der Waals surface area contributed by atoms with E-state index in [0.29, 0.717) is 18.1 Å². The Kier molecular flexibility index (Phi) is 7.66. The van der Waals surface area contributed by atoms with Gasteiger partial charge in [-0.15, -0.1) is 0 Å². The fourth-order valence-electron chi connectivity index (χ4n) is 2.20. The second-order valence-electron chi connectivity index (χ2n) is 5.18. The molecule has 0 aliphatic carbocycles. The van der Waals surface area contributed by atoms with Crippen molar-refractivity contribution in [1.82, 2.24) is 10.0 Å². The molecule has 1 aromatic rings. The van der Waals surface area contributed by atoms with Crippen molar-refractivity contribution in [1.29, 1.82) is 0 Å². The largest absolute Gasteiger partial charge is 0.316 e. The number of hydrogen-bond acceptors (Lipinski definition) is 3. The van der Waals surface area contributed by atoms with Crippen molar-refractivity contribution >= 4 is 21.6 Å². The van der Waals surface area contributed by atoms with Gasteiger partial charge in [-0.2, -0.15) is 0 Å². The Morgan fingerprint density at radius 1 is 1.19 bits per heavy atom. The first kappa shape index (κ1) is 18.4. The van der Waals surface area contributed by atoms with Crippen LogP contribution in [0.4, 0.5) is 0 Å². The van der Waals surface area contributed by atoms with Crippen LogP contribution in [0.2, 0.25) is 5.02 Å². The van der Waals surface area contributed by atoms with Gasteiger partial charge in [-0.25, -0.2) is 13.1 Å². The molecule has 0 bridgehead atoms. The lowest BCUT2D eigenvalue weighted by molar-refractivity contribution is 0.572. The molecule has 0 saturated carbocycles. The van der Waals surface area contributed by atoms with E-state index in [1.54, 1.807) is 6.07 Å². The van der Waals surface area contributed by atoms with E-state index in [9.17, 15) is 8.42 Å². The van der Waals surface area contributed by atoms with Gasteiger partial charge in [0.05, 0.1) is 4.90 Å². The van der Waals surface area contributed by atoms with Crippen LogP contribution < -0.4 is 10.0 Å². The van der Waals surface area contributed by atoms with Crippen LogP contribution >= 0.6 is 11.6 Å². The van der Waals surface area contributed by atoms with Crippen LogP contribution in [0.25, 0.3) is 0 Å². The Labute approximate surface area is 133 Å². The molecule has 120 valence electrons. The number of benzene rings is 1. The third kappa shape index (κ3) is 5.58. The summed E-state index contributed by atoms with van der Waals surface area (Å²) in [4.78, 5) is 0.274. The van der Waals surface area contributed by atoms with E-state index in [2.05, 4.69) is 17.0 Å². The highest BCUT2D eigenvalue weighted by atomic mass is 35.5. The second-order valence-corrected chi connectivity index (χ2v) is 7.35. The zero-order valence-corrected chi connectivity index (χ0v) is 14.6. The minimum atomic E-state index is -3.50. The highest BCUT2D eigenvalue weighted by molar-refractivity contribution is 7.89. The van der Waals surface area contributed by atoms with Crippen LogP contribution in [-0.2, 0) is 16.6 Å². The number of rotatable bonds is 9. The number of nitrogens with one attached hydrogen (secondary N) is 2. The molecule has 21 heavy (non-hydrogen) atoms. The van der Waals surface area contributed by atoms with E-state index in [1.807, 2.05) is 14.0 Å². The SMILES string of the molecule is CCCCCCNS(=O)(=O)c1cc(Cl)cc(CNC)c1C. The lowest BCUT2D eigenvalue weighted by atomic mass is 10.1. The van der Waals surface area contributed by atoms with Gasteiger partial charge in [-0.05, 0) is 43.7 Å². The Balaban J connectivity index is 2.87. The molecule has 0 atom stereocenters. The first-order valence-corrected chi connectivity index (χ1v) is 9.21. The van der Waals surface area contributed by atoms with Gasteiger partial charge in [0, 0.05) is 18.1 Å². The van der Waals surface area contributed by atoms with E-state index in [0.717, 1.165) is 36.8 Å². The van der Waals surface area contributed by atoms with Crippen molar-refractivity contribution < 1.29 is 8.42 Å². The first-order chi connectivity index (χ1) is 9.92. The average Bonchev–Trinajstić information content (AvgIpc) is 2.42. The summed E-state index contributed by atoms with van der Waals surface area (Å²) in [5, 5.41) is 3.47. The molecule has 0 radical (unpaired) electrons. The summed E-state index contributed by atoms with van der Waals surface area (Å²) in [5.74, 6) is 0. The summed E-state index contributed by atoms with van der Waals surface area (Å²) in [6.07, 6.45) is 4.16. The van der Waals surface area contributed by atoms with Crippen molar-refractivity contribution in [2.45, 2.75) is 51.0 Å². The van der Waals surface area contributed by atoms with Gasteiger partial charge in [0.15, 0.2) is 0 Å². The van der Waals surface area contributed by atoms with Gasteiger partial charge in [0.1, 0.15) is 0 Å². The van der Waals surface area contributed by atoms with Crippen molar-refractivity contribution in [3.63, 3.8) is 0 Å². The van der Waals surface area contributed by atoms with Crippen LogP contribution in [0.5, 0.6) is 0 Å². The number of sulfonamides is 1. The molecule has 1 aromatic carbocycles. The number of unbranched alkanes of at least 4 members (excludes halogenated alkanes) is 3. The maximum atomic E-state index is 12.4. The maximum absolute atomic E-state index is 12.4. The lowest BCUT2D eigenvalue weighted by Crippen LogP contribution is -2.26. The minimum Gasteiger partial charge on any atom is -0.316 e. The first-order valence-electron chi connectivity index (χ1n) is 7.35. The number of halogens is 1. The fourth-order valence-corrected chi connectivity index (χ4v) is 3.89. The zero-order chi connectivity index (χ0) is 15.9. The molecule has 0 aromatic heterocycles. The highest BCUT2D eigenvalue weighted by Gasteiger charge is 2.19. The third-order valence-corrected chi connectivity index (χ3v) is 5.22. The monoisotopic (exact) mass is 332 g/mol. The molecule has 2 N–H and O–H groups in total. The van der Waals surface area contributed by atoms with Crippen molar-refractivity contribution in [3.8, 4) is 0 Å². The molecule has 0 unspecified atom stereocenters. The highest BCUT2D eigenvalue weighted by Crippen LogP contribution is 2.24. The van der Waals surface area contributed by atoms with Gasteiger partial charge in [0.2, 0.25) is 10.0 Å². The quantitative estimate of drug-likeness (QED) is 0.683. The van der Waals surface area contributed by atoms with Gasteiger partial charge in [0.25, 0.3) is 0 Å². The molecule has 0 saturated heterocycles. The summed E-state index contributed by atoms with van der Waals surface area (Å²) in [6.45, 7) is 5.00. The molecule has 0 amide bonds. The third-order valence-electron chi connectivity index (χ3n) is 3.41. The summed E-state index contributed by atoms with van der Waals surface area (Å²) >= 11 is 6.05. The Morgan fingerprint density at radius 2 is 1.90 bits per heavy atom. The minimum absolute atomic E-state index is 0.274. The van der Waals surface area contributed by atoms with Crippen molar-refractivity contribution in [2.75, 3.05) is 13.6 Å². The average molecular weight is 333 g/mol. The Bertz CT molecular complexity index is 559. The van der Waals surface area contributed by atoms with Crippen LogP contribution in [0.3, 0.4) is 0 Å². The van der Waals surface area contributed by atoms with Crippen molar-refractivity contribution in [3.05, 3.63) is 28.3 Å². The zero-order valence-electron chi connectivity index (χ0n) is 13.0. The van der Waals surface area contributed by atoms with Crippen LogP contribution in [0, 0.1) is 6.92 Å². The molecule has 0 heterocycles. The van der Waals surface area contributed by atoms with Crippen molar-refractivity contribution in [2.24, 2.45) is 0 Å². The predicted molar refractivity (Wildman–Crippen MR) is 88.3 cm³/mol. The summed E-state index contributed by atoms with van der Waals surface area (Å²) in [5.41, 5.74) is 1.64. The van der Waals surface area contributed by atoms with Gasteiger partial charge in [-0.3, -0.25) is 0 Å². The Hall–Kier alpha value is -0.620. The predicted octanol–water partition coefficient (Wildman–Crippen LogP) is 3.23. The van der Waals surface area contributed by atoms with E-state index < -0.39 is 10.0 Å². The normalized spacial score (nSPS) is 11.8.